The monoisotopic (exact) mass is 135 g/mol. The van der Waals surface area contributed by atoms with Gasteiger partial charge in [0.2, 0.25) is 0 Å². The maximum absolute atomic E-state index is 10.6. The lowest BCUT2D eigenvalue weighted by Crippen LogP contribution is -2.20. The minimum atomic E-state index is -2.72. The third kappa shape index (κ3) is 1.20. The van der Waals surface area contributed by atoms with E-state index in [1.807, 2.05) is 0 Å². The molecule has 1 rings (SSSR count). The third-order valence-electron chi connectivity index (χ3n) is 1.27. The van der Waals surface area contributed by atoms with Crippen LogP contribution in [0.5, 0.6) is 0 Å². The van der Waals surface area contributed by atoms with Gasteiger partial charge in [-0.1, -0.05) is 0 Å². The first-order valence-electron chi connectivity index (χ1n) is 2.56. The van der Waals surface area contributed by atoms with Crippen LogP contribution in [0.15, 0.2) is 0 Å². The Balaban J connectivity index is 2.71. The van der Waals surface area contributed by atoms with E-state index in [4.69, 9.17) is 5.73 Å². The molecule has 0 spiro atoms. The highest BCUT2D eigenvalue weighted by atomic mass is 32.2. The SMILES string of the molecule is N[C@H]1CCS(=O)(=O)C1. The summed E-state index contributed by atoms with van der Waals surface area (Å²) < 4.78 is 21.1. The fraction of sp³-hybridized carbons (Fsp3) is 1.00. The first-order valence-corrected chi connectivity index (χ1v) is 4.38. The van der Waals surface area contributed by atoms with E-state index in [-0.39, 0.29) is 17.5 Å². The smallest absolute Gasteiger partial charge is 0.151 e. The molecule has 0 aromatic heterocycles. The maximum Gasteiger partial charge on any atom is 0.151 e. The Morgan fingerprint density at radius 2 is 2.12 bits per heavy atom. The van der Waals surface area contributed by atoms with Gasteiger partial charge >= 0.3 is 0 Å². The van der Waals surface area contributed by atoms with Crippen molar-refractivity contribution < 1.29 is 8.42 Å². The summed E-state index contributed by atoms with van der Waals surface area (Å²) in [6, 6.07) is -0.0972. The highest BCUT2D eigenvalue weighted by Crippen LogP contribution is 2.07. The van der Waals surface area contributed by atoms with Crippen molar-refractivity contribution in [3.05, 3.63) is 0 Å². The van der Waals surface area contributed by atoms with E-state index >= 15 is 0 Å². The molecule has 0 saturated carbocycles. The average Bonchev–Trinajstić information content (AvgIpc) is 1.82. The van der Waals surface area contributed by atoms with Crippen LogP contribution in [0, 0.1) is 0 Å². The van der Waals surface area contributed by atoms with Gasteiger partial charge in [-0.05, 0) is 6.42 Å². The van der Waals surface area contributed by atoms with E-state index in [1.165, 1.54) is 0 Å². The van der Waals surface area contributed by atoms with E-state index in [2.05, 4.69) is 0 Å². The molecule has 0 unspecified atom stereocenters. The van der Waals surface area contributed by atoms with E-state index in [0.29, 0.717) is 6.42 Å². The zero-order valence-electron chi connectivity index (χ0n) is 4.50. The molecule has 48 valence electrons. The van der Waals surface area contributed by atoms with E-state index in [0.717, 1.165) is 0 Å². The summed E-state index contributed by atoms with van der Waals surface area (Å²) in [5, 5.41) is 0. The van der Waals surface area contributed by atoms with Crippen LogP contribution in [0.2, 0.25) is 0 Å². The second-order valence-corrected chi connectivity index (χ2v) is 4.39. The topological polar surface area (TPSA) is 60.2 Å². The third-order valence-corrected chi connectivity index (χ3v) is 3.06. The summed E-state index contributed by atoms with van der Waals surface area (Å²) in [4.78, 5) is 0. The molecule has 0 radical (unpaired) electrons. The minimum absolute atomic E-state index is 0.0972. The predicted molar refractivity (Wildman–Crippen MR) is 31.2 cm³/mol. The van der Waals surface area contributed by atoms with Crippen molar-refractivity contribution >= 4 is 9.84 Å². The fourth-order valence-corrected chi connectivity index (χ4v) is 2.47. The van der Waals surface area contributed by atoms with Crippen molar-refractivity contribution in [1.82, 2.24) is 0 Å². The highest BCUT2D eigenvalue weighted by molar-refractivity contribution is 7.91. The van der Waals surface area contributed by atoms with Crippen LogP contribution in [0.3, 0.4) is 0 Å². The highest BCUT2D eigenvalue weighted by Gasteiger charge is 2.24. The van der Waals surface area contributed by atoms with Gasteiger partial charge in [0.05, 0.1) is 11.5 Å². The molecule has 1 atom stereocenters. The van der Waals surface area contributed by atoms with Crippen molar-refractivity contribution in [3.8, 4) is 0 Å². The zero-order chi connectivity index (χ0) is 6.20. The van der Waals surface area contributed by atoms with Crippen LogP contribution in [-0.4, -0.2) is 26.0 Å². The molecular weight excluding hydrogens is 126 g/mol. The number of hydrogen-bond acceptors (Lipinski definition) is 3. The second-order valence-electron chi connectivity index (χ2n) is 2.16. The number of rotatable bonds is 0. The Hall–Kier alpha value is -0.0900. The lowest BCUT2D eigenvalue weighted by atomic mass is 10.3. The molecule has 0 amide bonds. The molecule has 4 heteroatoms. The summed E-state index contributed by atoms with van der Waals surface area (Å²) in [5.41, 5.74) is 5.33. The molecular formula is C4H9NO2S. The summed E-state index contributed by atoms with van der Waals surface area (Å²) in [6.45, 7) is 0. The van der Waals surface area contributed by atoms with Gasteiger partial charge in [0.15, 0.2) is 9.84 Å². The van der Waals surface area contributed by atoms with Gasteiger partial charge in [0.1, 0.15) is 0 Å². The molecule has 0 aliphatic carbocycles. The number of sulfone groups is 1. The molecule has 8 heavy (non-hydrogen) atoms. The summed E-state index contributed by atoms with van der Waals surface area (Å²) >= 11 is 0. The van der Waals surface area contributed by atoms with Crippen LogP contribution in [0.1, 0.15) is 6.42 Å². The minimum Gasteiger partial charge on any atom is -0.327 e. The predicted octanol–water partition coefficient (Wildman–Crippen LogP) is -0.868. The lowest BCUT2D eigenvalue weighted by Gasteiger charge is -1.91. The molecule has 1 aliphatic rings. The first-order chi connectivity index (χ1) is 3.60. The molecule has 0 aromatic carbocycles. The second kappa shape index (κ2) is 1.70. The van der Waals surface area contributed by atoms with Crippen LogP contribution in [0.25, 0.3) is 0 Å². The lowest BCUT2D eigenvalue weighted by molar-refractivity contribution is 0.601. The Bertz CT molecular complexity index is 172. The van der Waals surface area contributed by atoms with Gasteiger partial charge in [0.25, 0.3) is 0 Å². The van der Waals surface area contributed by atoms with Crippen LogP contribution >= 0.6 is 0 Å². The normalized spacial score (nSPS) is 35.4. The van der Waals surface area contributed by atoms with Crippen molar-refractivity contribution in [1.29, 1.82) is 0 Å². The number of hydrogen-bond donors (Lipinski definition) is 1. The Kier molecular flexibility index (Phi) is 1.28. The van der Waals surface area contributed by atoms with Crippen LogP contribution < -0.4 is 5.73 Å². The van der Waals surface area contributed by atoms with E-state index in [9.17, 15) is 8.42 Å². The summed E-state index contributed by atoms with van der Waals surface area (Å²) in [5.74, 6) is 0.473. The van der Waals surface area contributed by atoms with Crippen molar-refractivity contribution in [2.75, 3.05) is 11.5 Å². The van der Waals surface area contributed by atoms with Gasteiger partial charge in [-0.3, -0.25) is 0 Å². The zero-order valence-corrected chi connectivity index (χ0v) is 5.32. The maximum atomic E-state index is 10.6. The van der Waals surface area contributed by atoms with Crippen LogP contribution in [0.4, 0.5) is 0 Å². The van der Waals surface area contributed by atoms with Gasteiger partial charge < -0.3 is 5.73 Å². The van der Waals surface area contributed by atoms with Gasteiger partial charge in [-0.15, -0.1) is 0 Å². The standard InChI is InChI=1S/C4H9NO2S/c5-4-1-2-8(6,7)3-4/h4H,1-3,5H2/t4-/m0/s1. The number of nitrogens with two attached hydrogens (primary N) is 1. The molecule has 1 heterocycles. The van der Waals surface area contributed by atoms with Crippen LogP contribution in [-0.2, 0) is 9.84 Å². The molecule has 2 N–H and O–H groups in total. The molecule has 0 aromatic rings. The fourth-order valence-electron chi connectivity index (χ4n) is 0.824. The van der Waals surface area contributed by atoms with E-state index in [1.54, 1.807) is 0 Å². The molecule has 1 saturated heterocycles. The van der Waals surface area contributed by atoms with E-state index < -0.39 is 9.84 Å². The first kappa shape index (κ1) is 6.04. The Labute approximate surface area is 48.8 Å². The molecule has 3 nitrogen and oxygen atoms in total. The van der Waals surface area contributed by atoms with Crippen molar-refractivity contribution in [2.45, 2.75) is 12.5 Å². The quantitative estimate of drug-likeness (QED) is 0.470. The summed E-state index contributed by atoms with van der Waals surface area (Å²) in [6.07, 6.45) is 0.641. The average molecular weight is 135 g/mol. The Morgan fingerprint density at radius 3 is 2.25 bits per heavy atom. The molecule has 0 bridgehead atoms. The van der Waals surface area contributed by atoms with Gasteiger partial charge in [-0.2, -0.15) is 0 Å². The summed E-state index contributed by atoms with van der Waals surface area (Å²) in [7, 11) is -2.72. The van der Waals surface area contributed by atoms with Gasteiger partial charge in [0, 0.05) is 6.04 Å². The Morgan fingerprint density at radius 1 is 1.50 bits per heavy atom. The molecule has 1 fully saturated rings. The van der Waals surface area contributed by atoms with Gasteiger partial charge in [-0.25, -0.2) is 8.42 Å². The molecule has 1 aliphatic heterocycles. The largest absolute Gasteiger partial charge is 0.327 e. The van der Waals surface area contributed by atoms with Crippen molar-refractivity contribution in [3.63, 3.8) is 0 Å². The van der Waals surface area contributed by atoms with Crippen molar-refractivity contribution in [2.24, 2.45) is 5.73 Å².